The molecule has 2 aliphatic heterocycles. The molecule has 1 saturated heterocycles. The van der Waals surface area contributed by atoms with E-state index in [1.165, 1.54) is 21.1 Å². The molecule has 0 aromatic carbocycles. The summed E-state index contributed by atoms with van der Waals surface area (Å²) in [6.07, 6.45) is 4.65. The zero-order valence-electron chi connectivity index (χ0n) is 15.5. The van der Waals surface area contributed by atoms with Crippen molar-refractivity contribution >= 4 is 28.2 Å². The number of aliphatic hydroxyl groups is 1. The van der Waals surface area contributed by atoms with E-state index in [0.29, 0.717) is 0 Å². The first kappa shape index (κ1) is 17.5. The summed E-state index contributed by atoms with van der Waals surface area (Å²) in [6.45, 7) is 8.60. The van der Waals surface area contributed by atoms with Crippen molar-refractivity contribution in [2.45, 2.75) is 38.8 Å². The van der Waals surface area contributed by atoms with Crippen LogP contribution in [-0.2, 0) is 0 Å². The summed E-state index contributed by atoms with van der Waals surface area (Å²) in [5, 5.41) is 20.6. The van der Waals surface area contributed by atoms with Crippen molar-refractivity contribution in [3.8, 4) is 0 Å². The third-order valence-corrected chi connectivity index (χ3v) is 5.83. The Kier molecular flexibility index (Phi) is 4.50. The highest BCUT2D eigenvalue weighted by molar-refractivity contribution is 7.16. The first-order valence-corrected chi connectivity index (χ1v) is 9.96. The van der Waals surface area contributed by atoms with Gasteiger partial charge in [-0.05, 0) is 45.4 Å². The molecule has 2 aliphatic rings. The number of nitrogens with one attached hydrogen (secondary N) is 2. The fourth-order valence-corrected chi connectivity index (χ4v) is 4.77. The maximum absolute atomic E-state index is 10.2. The van der Waals surface area contributed by atoms with Crippen LogP contribution in [0.2, 0.25) is 0 Å². The van der Waals surface area contributed by atoms with Gasteiger partial charge in [0.05, 0.1) is 16.6 Å². The molecule has 0 radical (unpaired) electrons. The third-order valence-electron chi connectivity index (χ3n) is 4.85. The van der Waals surface area contributed by atoms with Crippen molar-refractivity contribution in [1.82, 2.24) is 15.2 Å². The van der Waals surface area contributed by atoms with Crippen LogP contribution in [0.5, 0.6) is 0 Å². The molecule has 6 heteroatoms. The van der Waals surface area contributed by atoms with Gasteiger partial charge < -0.3 is 20.6 Å². The second-order valence-corrected chi connectivity index (χ2v) is 9.05. The maximum atomic E-state index is 10.2. The number of rotatable bonds is 3. The van der Waals surface area contributed by atoms with Crippen molar-refractivity contribution in [3.05, 3.63) is 45.4 Å². The zero-order valence-corrected chi connectivity index (χ0v) is 16.4. The monoisotopic (exact) mass is 370 g/mol. The van der Waals surface area contributed by atoms with E-state index in [4.69, 9.17) is 4.98 Å². The van der Waals surface area contributed by atoms with Gasteiger partial charge in [-0.1, -0.05) is 0 Å². The second-order valence-electron chi connectivity index (χ2n) is 7.79. The van der Waals surface area contributed by atoms with Crippen LogP contribution in [0.4, 0.5) is 5.00 Å². The minimum absolute atomic E-state index is 0.256. The zero-order chi connectivity index (χ0) is 18.3. The van der Waals surface area contributed by atoms with Crippen LogP contribution in [-0.4, -0.2) is 46.3 Å². The van der Waals surface area contributed by atoms with E-state index in [9.17, 15) is 5.11 Å². The lowest BCUT2D eigenvalue weighted by Crippen LogP contribution is -2.53. The number of pyridine rings is 1. The number of piperazine rings is 1. The van der Waals surface area contributed by atoms with Gasteiger partial charge >= 0.3 is 0 Å². The Balaban J connectivity index is 1.81. The first-order valence-electron chi connectivity index (χ1n) is 9.14. The van der Waals surface area contributed by atoms with Crippen LogP contribution in [0, 0.1) is 6.92 Å². The average molecular weight is 371 g/mol. The highest BCUT2D eigenvalue weighted by atomic mass is 32.1. The number of aromatic nitrogens is 1. The van der Waals surface area contributed by atoms with Gasteiger partial charge in [-0.2, -0.15) is 0 Å². The molecule has 5 nitrogen and oxygen atoms in total. The molecule has 2 aromatic rings. The van der Waals surface area contributed by atoms with Crippen LogP contribution in [0.25, 0.3) is 11.9 Å². The quantitative estimate of drug-likeness (QED) is 0.758. The molecule has 2 aromatic heterocycles. The van der Waals surface area contributed by atoms with Crippen molar-refractivity contribution in [1.29, 1.82) is 0 Å². The summed E-state index contributed by atoms with van der Waals surface area (Å²) >= 11 is 1.78. The van der Waals surface area contributed by atoms with E-state index in [2.05, 4.69) is 40.8 Å². The van der Waals surface area contributed by atoms with Gasteiger partial charge in [-0.3, -0.25) is 4.98 Å². The average Bonchev–Trinajstić information content (AvgIpc) is 2.86. The lowest BCUT2D eigenvalue weighted by atomic mass is 9.97. The van der Waals surface area contributed by atoms with Crippen molar-refractivity contribution in [2.75, 3.05) is 25.0 Å². The lowest BCUT2D eigenvalue weighted by molar-refractivity contribution is 0.0517. The molecule has 4 rings (SSSR count). The molecule has 1 unspecified atom stereocenters. The molecule has 26 heavy (non-hydrogen) atoms. The Morgan fingerprint density at radius 2 is 2.27 bits per heavy atom. The Morgan fingerprint density at radius 1 is 1.42 bits per heavy atom. The molecule has 4 heterocycles. The number of nitrogens with zero attached hydrogens (tertiary/aromatic N) is 2. The predicted octanol–water partition coefficient (Wildman–Crippen LogP) is 1.21. The van der Waals surface area contributed by atoms with Crippen molar-refractivity contribution in [3.63, 3.8) is 0 Å². The van der Waals surface area contributed by atoms with E-state index in [-0.39, 0.29) is 6.04 Å². The number of anilines is 1. The van der Waals surface area contributed by atoms with Crippen molar-refractivity contribution < 1.29 is 5.11 Å². The summed E-state index contributed by atoms with van der Waals surface area (Å²) in [5.41, 5.74) is 1.75. The number of thiophene rings is 1. The van der Waals surface area contributed by atoms with Crippen LogP contribution in [0.15, 0.2) is 24.4 Å². The first-order chi connectivity index (χ1) is 12.4. The molecule has 1 atom stereocenters. The van der Waals surface area contributed by atoms with E-state index in [0.717, 1.165) is 36.6 Å². The van der Waals surface area contributed by atoms with Gasteiger partial charge in [0.2, 0.25) is 0 Å². The normalized spacial score (nSPS) is 19.9. The Bertz CT molecular complexity index is 928. The summed E-state index contributed by atoms with van der Waals surface area (Å²) in [4.78, 5) is 8.45. The smallest absolute Gasteiger partial charge is 0.102 e. The predicted molar refractivity (Wildman–Crippen MR) is 107 cm³/mol. The van der Waals surface area contributed by atoms with E-state index < -0.39 is 5.60 Å². The van der Waals surface area contributed by atoms with Gasteiger partial charge in [0, 0.05) is 53.7 Å². The fourth-order valence-electron chi connectivity index (χ4n) is 3.89. The highest BCUT2D eigenvalue weighted by Gasteiger charge is 2.29. The van der Waals surface area contributed by atoms with Crippen LogP contribution in [0.1, 0.15) is 30.7 Å². The number of hydrogen-bond acceptors (Lipinski definition) is 6. The number of hydrogen-bond donors (Lipinski definition) is 3. The topological polar surface area (TPSA) is 60.4 Å². The van der Waals surface area contributed by atoms with Gasteiger partial charge in [0.15, 0.2) is 0 Å². The molecule has 3 N–H and O–H groups in total. The van der Waals surface area contributed by atoms with Crippen LogP contribution in [0.3, 0.4) is 0 Å². The van der Waals surface area contributed by atoms with E-state index in [1.54, 1.807) is 11.3 Å². The van der Waals surface area contributed by atoms with Gasteiger partial charge in [0.25, 0.3) is 0 Å². The van der Waals surface area contributed by atoms with E-state index >= 15 is 0 Å². The molecular formula is C20H26N4OS. The lowest BCUT2D eigenvalue weighted by Gasteiger charge is -2.38. The molecule has 0 bridgehead atoms. The summed E-state index contributed by atoms with van der Waals surface area (Å²) in [5.74, 6) is 0. The van der Waals surface area contributed by atoms with E-state index in [1.807, 2.05) is 26.1 Å². The van der Waals surface area contributed by atoms with Crippen molar-refractivity contribution in [2.24, 2.45) is 0 Å². The fraction of sp³-hybridized carbons (Fsp3) is 0.450. The summed E-state index contributed by atoms with van der Waals surface area (Å²) in [7, 11) is 0. The minimum atomic E-state index is -0.676. The molecular weight excluding hydrogens is 344 g/mol. The molecule has 0 spiro atoms. The molecule has 0 aliphatic carbocycles. The third kappa shape index (κ3) is 3.49. The Labute approximate surface area is 158 Å². The maximum Gasteiger partial charge on any atom is 0.102 e. The van der Waals surface area contributed by atoms with Gasteiger partial charge in [0.1, 0.15) is 5.00 Å². The SMILES string of the molecule is Cc1cc2c(s1)NC=c1cccnc1=C2N1CCNC(CC(C)(C)O)C1. The summed E-state index contributed by atoms with van der Waals surface area (Å²) < 4.78 is 0. The number of fused-ring (bicyclic) bond motifs is 2. The molecule has 0 saturated carbocycles. The largest absolute Gasteiger partial charge is 0.390 e. The Hall–Kier alpha value is -1.89. The molecule has 0 amide bonds. The van der Waals surface area contributed by atoms with Gasteiger partial charge in [-0.25, -0.2) is 0 Å². The standard InChI is InChI=1S/C20H26N4OS/c1-13-9-16-18(24-8-7-21-15(12-24)10-20(2,3)25)17-14(5-4-6-22-17)11-23-19(16)26-13/h4-6,9,11,15,21,23,25H,7-8,10,12H2,1-3H3. The van der Waals surface area contributed by atoms with Gasteiger partial charge in [-0.15, -0.1) is 11.3 Å². The highest BCUT2D eigenvalue weighted by Crippen LogP contribution is 2.34. The minimum Gasteiger partial charge on any atom is -0.390 e. The molecule has 138 valence electrons. The summed E-state index contributed by atoms with van der Waals surface area (Å²) in [6, 6.07) is 6.60. The van der Waals surface area contributed by atoms with Crippen LogP contribution < -0.4 is 21.2 Å². The molecule has 1 fully saturated rings. The second kappa shape index (κ2) is 6.68. The number of aryl methyl sites for hydroxylation is 1. The van der Waals surface area contributed by atoms with Crippen LogP contribution >= 0.6 is 11.3 Å². The Morgan fingerprint density at radius 3 is 3.08 bits per heavy atom.